The van der Waals surface area contributed by atoms with Crippen molar-refractivity contribution in [3.05, 3.63) is 66.2 Å². The van der Waals surface area contributed by atoms with Crippen LogP contribution in [0.15, 0.2) is 60.7 Å². The number of anilines is 1. The number of nitrogen functional groups attached to an aromatic ring is 1. The van der Waals surface area contributed by atoms with Crippen LogP contribution in [0.5, 0.6) is 11.5 Å². The Bertz CT molecular complexity index is 985. The molecule has 0 radical (unpaired) electrons. The van der Waals surface area contributed by atoms with Gasteiger partial charge in [-0.1, -0.05) is 24.3 Å². The average Bonchev–Trinajstić information content (AvgIpc) is 2.78. The van der Waals surface area contributed by atoms with Crippen molar-refractivity contribution in [2.75, 3.05) is 18.9 Å². The van der Waals surface area contributed by atoms with E-state index in [1.54, 1.807) is 36.4 Å². The van der Waals surface area contributed by atoms with Gasteiger partial charge in [0, 0.05) is 16.5 Å². The zero-order valence-electron chi connectivity index (χ0n) is 16.7. The summed E-state index contributed by atoms with van der Waals surface area (Å²) in [6, 6.07) is 17.9. The van der Waals surface area contributed by atoms with Gasteiger partial charge in [0.05, 0.1) is 18.8 Å². The van der Waals surface area contributed by atoms with Crippen LogP contribution in [0, 0.1) is 0 Å². The van der Waals surface area contributed by atoms with Crippen molar-refractivity contribution in [2.45, 2.75) is 25.7 Å². The molecule has 3 rings (SSSR count). The Morgan fingerprint density at radius 3 is 2.27 bits per heavy atom. The van der Waals surface area contributed by atoms with Crippen LogP contribution in [-0.2, 0) is 9.53 Å². The van der Waals surface area contributed by atoms with E-state index in [-0.39, 0.29) is 0 Å². The molecule has 0 spiro atoms. The standard InChI is InChI=1S/C24H25NO5/c25-22-13-14-23(21-8-4-3-7-20(21)22)30-24(27)18-9-11-19(12-10-18)29-16-6-2-1-5-15-28-17-26/h3-4,7-14,17H,1-2,5-6,15-16,25H2. The second kappa shape index (κ2) is 10.9. The van der Waals surface area contributed by atoms with E-state index in [2.05, 4.69) is 4.74 Å². The van der Waals surface area contributed by atoms with Gasteiger partial charge in [0.2, 0.25) is 0 Å². The van der Waals surface area contributed by atoms with Crippen molar-refractivity contribution in [3.8, 4) is 11.5 Å². The maximum Gasteiger partial charge on any atom is 0.343 e. The molecule has 30 heavy (non-hydrogen) atoms. The molecule has 156 valence electrons. The Kier molecular flexibility index (Phi) is 7.66. The Morgan fingerprint density at radius 2 is 1.53 bits per heavy atom. The van der Waals surface area contributed by atoms with Crippen molar-refractivity contribution < 1.29 is 23.8 Å². The number of rotatable bonds is 11. The molecule has 0 aliphatic carbocycles. The molecule has 6 heteroatoms. The first-order chi connectivity index (χ1) is 14.7. The van der Waals surface area contributed by atoms with Gasteiger partial charge in [-0.05, 0) is 62.1 Å². The molecule has 0 heterocycles. The number of hydrogen-bond acceptors (Lipinski definition) is 6. The van der Waals surface area contributed by atoms with E-state index in [9.17, 15) is 9.59 Å². The average molecular weight is 407 g/mol. The first-order valence-electron chi connectivity index (χ1n) is 9.96. The van der Waals surface area contributed by atoms with Crippen LogP contribution in [-0.4, -0.2) is 25.7 Å². The molecule has 0 aliphatic heterocycles. The van der Waals surface area contributed by atoms with E-state index >= 15 is 0 Å². The minimum atomic E-state index is -0.436. The number of fused-ring (bicyclic) bond motifs is 1. The van der Waals surface area contributed by atoms with Crippen molar-refractivity contribution in [1.82, 2.24) is 0 Å². The molecule has 0 atom stereocenters. The first kappa shape index (κ1) is 21.2. The fourth-order valence-corrected chi connectivity index (χ4v) is 3.11. The quantitative estimate of drug-likeness (QED) is 0.162. The zero-order chi connectivity index (χ0) is 21.2. The summed E-state index contributed by atoms with van der Waals surface area (Å²) in [6.07, 6.45) is 3.76. The van der Waals surface area contributed by atoms with Crippen molar-refractivity contribution in [1.29, 1.82) is 0 Å². The van der Waals surface area contributed by atoms with Crippen LogP contribution in [0.3, 0.4) is 0 Å². The van der Waals surface area contributed by atoms with E-state index in [0.717, 1.165) is 36.5 Å². The molecule has 3 aromatic carbocycles. The zero-order valence-corrected chi connectivity index (χ0v) is 16.7. The van der Waals surface area contributed by atoms with Gasteiger partial charge < -0.3 is 19.9 Å². The number of nitrogens with two attached hydrogens (primary N) is 1. The summed E-state index contributed by atoms with van der Waals surface area (Å²) in [5, 5.41) is 1.64. The Morgan fingerprint density at radius 1 is 0.833 bits per heavy atom. The molecule has 0 fully saturated rings. The number of carbonyl (C=O) groups is 2. The van der Waals surface area contributed by atoms with Gasteiger partial charge in [-0.3, -0.25) is 4.79 Å². The van der Waals surface area contributed by atoms with Gasteiger partial charge in [-0.25, -0.2) is 4.79 Å². The monoisotopic (exact) mass is 407 g/mol. The molecule has 3 aromatic rings. The molecular formula is C24H25NO5. The molecule has 0 saturated carbocycles. The van der Waals surface area contributed by atoms with Crippen LogP contribution in [0.25, 0.3) is 10.8 Å². The molecule has 0 amide bonds. The Balaban J connectivity index is 1.50. The van der Waals surface area contributed by atoms with Crippen LogP contribution in [0.2, 0.25) is 0 Å². The van der Waals surface area contributed by atoms with E-state index < -0.39 is 5.97 Å². The van der Waals surface area contributed by atoms with Crippen molar-refractivity contribution in [3.63, 3.8) is 0 Å². The lowest BCUT2D eigenvalue weighted by Gasteiger charge is -2.10. The second-order valence-electron chi connectivity index (χ2n) is 6.84. The third-order valence-corrected chi connectivity index (χ3v) is 4.70. The lowest BCUT2D eigenvalue weighted by Crippen LogP contribution is -2.09. The molecule has 0 aliphatic rings. The summed E-state index contributed by atoms with van der Waals surface area (Å²) in [5.41, 5.74) is 7.08. The summed E-state index contributed by atoms with van der Waals surface area (Å²) < 4.78 is 15.9. The smallest absolute Gasteiger partial charge is 0.343 e. The Hall–Kier alpha value is -3.54. The Labute approximate surface area is 175 Å². The fraction of sp³-hybridized carbons (Fsp3) is 0.250. The van der Waals surface area contributed by atoms with E-state index in [1.165, 1.54) is 0 Å². The third kappa shape index (κ3) is 5.73. The summed E-state index contributed by atoms with van der Waals surface area (Å²) in [7, 11) is 0. The molecule has 0 saturated heterocycles. The van der Waals surface area contributed by atoms with Gasteiger partial charge in [0.15, 0.2) is 0 Å². The van der Waals surface area contributed by atoms with Gasteiger partial charge in [0.25, 0.3) is 6.47 Å². The minimum Gasteiger partial charge on any atom is -0.494 e. The summed E-state index contributed by atoms with van der Waals surface area (Å²) in [4.78, 5) is 22.6. The fourth-order valence-electron chi connectivity index (χ4n) is 3.11. The van der Waals surface area contributed by atoms with Crippen molar-refractivity contribution >= 4 is 28.9 Å². The summed E-state index contributed by atoms with van der Waals surface area (Å²) in [5.74, 6) is 0.742. The maximum atomic E-state index is 12.5. The minimum absolute atomic E-state index is 0.436. The predicted molar refractivity (Wildman–Crippen MR) is 116 cm³/mol. The first-order valence-corrected chi connectivity index (χ1v) is 9.96. The van der Waals surface area contributed by atoms with Crippen molar-refractivity contribution in [2.24, 2.45) is 0 Å². The normalized spacial score (nSPS) is 10.5. The highest BCUT2D eigenvalue weighted by molar-refractivity contribution is 6.00. The largest absolute Gasteiger partial charge is 0.494 e. The summed E-state index contributed by atoms with van der Waals surface area (Å²) >= 11 is 0. The summed E-state index contributed by atoms with van der Waals surface area (Å²) in [6.45, 7) is 1.53. The number of hydrogen-bond donors (Lipinski definition) is 1. The van der Waals surface area contributed by atoms with Crippen LogP contribution in [0.4, 0.5) is 5.69 Å². The number of esters is 1. The SMILES string of the molecule is Nc1ccc(OC(=O)c2ccc(OCCCCCCOC=O)cc2)c2ccccc12. The topological polar surface area (TPSA) is 87.8 Å². The van der Waals surface area contributed by atoms with Gasteiger partial charge in [-0.15, -0.1) is 0 Å². The number of carbonyl (C=O) groups excluding carboxylic acids is 2. The third-order valence-electron chi connectivity index (χ3n) is 4.70. The molecule has 0 unspecified atom stereocenters. The lowest BCUT2D eigenvalue weighted by atomic mass is 10.1. The van der Waals surface area contributed by atoms with E-state index in [0.29, 0.717) is 42.4 Å². The molecular weight excluding hydrogens is 382 g/mol. The molecule has 0 aromatic heterocycles. The van der Waals surface area contributed by atoms with Crippen LogP contribution >= 0.6 is 0 Å². The number of benzene rings is 3. The van der Waals surface area contributed by atoms with E-state index in [1.807, 2.05) is 24.3 Å². The molecule has 0 bridgehead atoms. The molecule has 6 nitrogen and oxygen atoms in total. The molecule has 2 N–H and O–H groups in total. The van der Waals surface area contributed by atoms with Crippen LogP contribution < -0.4 is 15.2 Å². The van der Waals surface area contributed by atoms with E-state index in [4.69, 9.17) is 15.2 Å². The van der Waals surface area contributed by atoms with Crippen LogP contribution in [0.1, 0.15) is 36.0 Å². The number of ether oxygens (including phenoxy) is 3. The lowest BCUT2D eigenvalue weighted by molar-refractivity contribution is -0.128. The van der Waals surface area contributed by atoms with Gasteiger partial charge >= 0.3 is 5.97 Å². The van der Waals surface area contributed by atoms with Gasteiger partial charge in [0.1, 0.15) is 11.5 Å². The second-order valence-corrected chi connectivity index (χ2v) is 6.84. The highest BCUT2D eigenvalue weighted by Gasteiger charge is 2.12. The highest BCUT2D eigenvalue weighted by atomic mass is 16.5. The highest BCUT2D eigenvalue weighted by Crippen LogP contribution is 2.30. The number of unbranched alkanes of at least 4 members (excludes halogenated alkanes) is 3. The van der Waals surface area contributed by atoms with Gasteiger partial charge in [-0.2, -0.15) is 0 Å². The maximum absolute atomic E-state index is 12.5. The predicted octanol–water partition coefficient (Wildman–Crippen LogP) is 4.75.